The maximum absolute atomic E-state index is 12.6. The Balaban J connectivity index is 1.62. The number of benzene rings is 1. The summed E-state index contributed by atoms with van der Waals surface area (Å²) in [7, 11) is 1.65. The van der Waals surface area contributed by atoms with E-state index in [2.05, 4.69) is 10.2 Å². The Hall–Kier alpha value is -1.95. The van der Waals surface area contributed by atoms with Crippen molar-refractivity contribution in [1.29, 1.82) is 0 Å². The number of nitrogens with zero attached hydrogens (tertiary/aromatic N) is 2. The zero-order valence-corrected chi connectivity index (χ0v) is 13.5. The van der Waals surface area contributed by atoms with Crippen LogP contribution in [0.2, 0.25) is 0 Å². The Kier molecular flexibility index (Phi) is 4.38. The summed E-state index contributed by atoms with van der Waals surface area (Å²) in [4.78, 5) is 15.6. The van der Waals surface area contributed by atoms with Gasteiger partial charge in [0, 0.05) is 35.7 Å². The molecule has 0 radical (unpaired) electrons. The number of nitrogens with one attached hydrogen (secondary N) is 1. The Morgan fingerprint density at radius 1 is 1.41 bits per heavy atom. The smallest absolute Gasteiger partial charge is 0.236 e. The summed E-state index contributed by atoms with van der Waals surface area (Å²) in [6.45, 7) is 3.36. The molecule has 1 N–H and O–H groups in total. The molecule has 0 fully saturated rings. The van der Waals surface area contributed by atoms with E-state index in [1.54, 1.807) is 18.9 Å². The number of fused-ring (bicyclic) bond motifs is 1. The predicted molar refractivity (Wildman–Crippen MR) is 86.0 cm³/mol. The van der Waals surface area contributed by atoms with E-state index in [1.807, 2.05) is 42.3 Å². The minimum Gasteiger partial charge on any atom is -0.497 e. The van der Waals surface area contributed by atoms with Crippen LogP contribution in [-0.4, -0.2) is 39.9 Å². The lowest BCUT2D eigenvalue weighted by Crippen LogP contribution is -2.39. The molecule has 0 saturated heterocycles. The van der Waals surface area contributed by atoms with Gasteiger partial charge in [-0.2, -0.15) is 5.10 Å². The summed E-state index contributed by atoms with van der Waals surface area (Å²) in [5.74, 6) is 1.000. The molecule has 0 aliphatic carbocycles. The Morgan fingerprint density at radius 3 is 2.91 bits per heavy atom. The normalized spacial score (nSPS) is 15.3. The average Bonchev–Trinajstić information content (AvgIpc) is 3.02. The second-order valence-corrected chi connectivity index (χ2v) is 6.73. The highest BCUT2D eigenvalue weighted by atomic mass is 32.2. The van der Waals surface area contributed by atoms with Crippen LogP contribution < -0.4 is 4.74 Å². The minimum atomic E-state index is -0.109. The molecule has 1 unspecified atom stereocenters. The lowest BCUT2D eigenvalue weighted by Gasteiger charge is -2.28. The van der Waals surface area contributed by atoms with E-state index in [4.69, 9.17) is 4.74 Å². The van der Waals surface area contributed by atoms with Crippen molar-refractivity contribution in [3.05, 3.63) is 41.7 Å². The van der Waals surface area contributed by atoms with Crippen molar-refractivity contribution in [3.63, 3.8) is 0 Å². The molecule has 0 saturated carbocycles. The van der Waals surface area contributed by atoms with Crippen molar-refractivity contribution >= 4 is 17.7 Å². The fourth-order valence-corrected chi connectivity index (χ4v) is 3.53. The van der Waals surface area contributed by atoms with Crippen molar-refractivity contribution in [1.82, 2.24) is 15.1 Å². The molecule has 116 valence electrons. The summed E-state index contributed by atoms with van der Waals surface area (Å²) in [5, 5.41) is 6.93. The molecular formula is C16H19N3O2S. The van der Waals surface area contributed by atoms with Crippen molar-refractivity contribution in [3.8, 4) is 5.75 Å². The number of rotatable bonds is 4. The van der Waals surface area contributed by atoms with Gasteiger partial charge in [0.25, 0.3) is 0 Å². The zero-order valence-electron chi connectivity index (χ0n) is 12.7. The van der Waals surface area contributed by atoms with Crippen LogP contribution in [0, 0.1) is 0 Å². The zero-order chi connectivity index (χ0) is 15.5. The van der Waals surface area contributed by atoms with E-state index in [-0.39, 0.29) is 11.2 Å². The van der Waals surface area contributed by atoms with Gasteiger partial charge in [0.15, 0.2) is 0 Å². The lowest BCUT2D eigenvalue weighted by molar-refractivity contribution is -0.131. The maximum atomic E-state index is 12.6. The monoisotopic (exact) mass is 317 g/mol. The molecule has 2 heterocycles. The second kappa shape index (κ2) is 6.44. The number of carbonyl (C=O) groups is 1. The van der Waals surface area contributed by atoms with Crippen LogP contribution in [0.3, 0.4) is 0 Å². The van der Waals surface area contributed by atoms with Gasteiger partial charge in [-0.15, -0.1) is 11.8 Å². The number of aromatic nitrogens is 2. The van der Waals surface area contributed by atoms with Crippen molar-refractivity contribution in [2.24, 2.45) is 0 Å². The first-order chi connectivity index (χ1) is 10.7. The number of thioether (sulfide) groups is 1. The highest BCUT2D eigenvalue weighted by Crippen LogP contribution is 2.27. The molecule has 1 aliphatic heterocycles. The number of H-pyrrole nitrogens is 1. The molecule has 1 aromatic carbocycles. The highest BCUT2D eigenvalue weighted by Gasteiger charge is 2.26. The Morgan fingerprint density at radius 2 is 2.18 bits per heavy atom. The number of ether oxygens (including phenoxy) is 1. The summed E-state index contributed by atoms with van der Waals surface area (Å²) in [6, 6.07) is 7.80. The lowest BCUT2D eigenvalue weighted by atomic mass is 10.1. The van der Waals surface area contributed by atoms with Crippen LogP contribution in [0.5, 0.6) is 5.75 Å². The number of carbonyl (C=O) groups excluding carboxylic acids is 1. The third-order valence-electron chi connectivity index (χ3n) is 3.83. The molecule has 22 heavy (non-hydrogen) atoms. The van der Waals surface area contributed by atoms with Crippen LogP contribution in [0.1, 0.15) is 18.2 Å². The van der Waals surface area contributed by atoms with Crippen LogP contribution in [0.15, 0.2) is 35.4 Å². The van der Waals surface area contributed by atoms with Crippen LogP contribution >= 0.6 is 11.8 Å². The Bertz CT molecular complexity index is 654. The number of hydrogen-bond acceptors (Lipinski definition) is 4. The van der Waals surface area contributed by atoms with Gasteiger partial charge in [0.1, 0.15) is 5.75 Å². The first-order valence-electron chi connectivity index (χ1n) is 7.28. The molecule has 0 bridgehead atoms. The summed E-state index contributed by atoms with van der Waals surface area (Å²) < 4.78 is 5.15. The molecule has 1 aromatic heterocycles. The van der Waals surface area contributed by atoms with Crippen molar-refractivity contribution in [2.45, 2.75) is 30.0 Å². The van der Waals surface area contributed by atoms with E-state index in [0.29, 0.717) is 6.54 Å². The fourth-order valence-electron chi connectivity index (χ4n) is 2.58. The standard InChI is InChI=1S/C16H19N3O2S/c1-11(22-14-5-3-13(21-2)4-6-14)16(20)19-8-7-15-12(10-19)9-17-18-15/h3-6,9,11H,7-8,10H2,1-2H3,(H,17,18). The van der Waals surface area contributed by atoms with Gasteiger partial charge in [-0.25, -0.2) is 0 Å². The SMILES string of the molecule is COc1ccc(SC(C)C(=O)N2CCc3[nH]ncc3C2)cc1. The first kappa shape index (κ1) is 15.0. The van der Waals surface area contributed by atoms with Crippen LogP contribution in [0.4, 0.5) is 0 Å². The maximum Gasteiger partial charge on any atom is 0.236 e. The van der Waals surface area contributed by atoms with Gasteiger partial charge < -0.3 is 9.64 Å². The fraction of sp³-hybridized carbons (Fsp3) is 0.375. The Labute approximate surface area is 134 Å². The van der Waals surface area contributed by atoms with Gasteiger partial charge in [-0.3, -0.25) is 9.89 Å². The molecular weight excluding hydrogens is 298 g/mol. The first-order valence-corrected chi connectivity index (χ1v) is 8.16. The van der Waals surface area contributed by atoms with Crippen LogP contribution in [0.25, 0.3) is 0 Å². The van der Waals surface area contributed by atoms with E-state index >= 15 is 0 Å². The van der Waals surface area contributed by atoms with Gasteiger partial charge in [0.2, 0.25) is 5.91 Å². The summed E-state index contributed by atoms with van der Waals surface area (Å²) in [5.41, 5.74) is 2.28. The van der Waals surface area contributed by atoms with Crippen LogP contribution in [-0.2, 0) is 17.8 Å². The van der Waals surface area contributed by atoms with E-state index < -0.39 is 0 Å². The van der Waals surface area contributed by atoms with Crippen molar-refractivity contribution < 1.29 is 9.53 Å². The largest absolute Gasteiger partial charge is 0.497 e. The molecule has 5 nitrogen and oxygen atoms in total. The molecule has 0 spiro atoms. The molecule has 1 amide bonds. The van der Waals surface area contributed by atoms with Crippen molar-refractivity contribution in [2.75, 3.05) is 13.7 Å². The van der Waals surface area contributed by atoms with Gasteiger partial charge in [-0.1, -0.05) is 0 Å². The second-order valence-electron chi connectivity index (χ2n) is 5.32. The van der Waals surface area contributed by atoms with E-state index in [1.165, 1.54) is 0 Å². The number of hydrogen-bond donors (Lipinski definition) is 1. The summed E-state index contributed by atoms with van der Waals surface area (Å²) in [6.07, 6.45) is 2.66. The van der Waals surface area contributed by atoms with Gasteiger partial charge in [0.05, 0.1) is 18.6 Å². The molecule has 1 aliphatic rings. The molecule has 2 aromatic rings. The highest BCUT2D eigenvalue weighted by molar-refractivity contribution is 8.00. The minimum absolute atomic E-state index is 0.109. The molecule has 6 heteroatoms. The molecule has 1 atom stereocenters. The topological polar surface area (TPSA) is 58.2 Å². The number of aromatic amines is 1. The summed E-state index contributed by atoms with van der Waals surface area (Å²) >= 11 is 1.58. The third kappa shape index (κ3) is 3.11. The molecule has 3 rings (SSSR count). The van der Waals surface area contributed by atoms with E-state index in [9.17, 15) is 4.79 Å². The number of amides is 1. The van der Waals surface area contributed by atoms with E-state index in [0.717, 1.165) is 34.9 Å². The quantitative estimate of drug-likeness (QED) is 0.880. The number of methoxy groups -OCH3 is 1. The van der Waals surface area contributed by atoms with Gasteiger partial charge >= 0.3 is 0 Å². The predicted octanol–water partition coefficient (Wildman–Crippen LogP) is 2.48. The average molecular weight is 317 g/mol. The third-order valence-corrected chi connectivity index (χ3v) is 4.93. The van der Waals surface area contributed by atoms with Gasteiger partial charge in [-0.05, 0) is 31.2 Å².